The Balaban J connectivity index is 2.03. The number of aryl methyl sites for hydroxylation is 1. The van der Waals surface area contributed by atoms with Crippen LogP contribution < -0.4 is 0 Å². The Morgan fingerprint density at radius 3 is 1.75 bits per heavy atom. The first-order valence-electron chi connectivity index (χ1n) is 8.50. The molecule has 24 heavy (non-hydrogen) atoms. The van der Waals surface area contributed by atoms with Crippen LogP contribution in [0.1, 0.15) is 39.3 Å². The minimum absolute atomic E-state index is 0.149. The topological polar surface area (TPSA) is 0 Å². The summed E-state index contributed by atoms with van der Waals surface area (Å²) in [5, 5.41) is 0. The molecule has 3 aromatic carbocycles. The molecule has 0 fully saturated rings. The van der Waals surface area contributed by atoms with Crippen molar-refractivity contribution in [3.05, 3.63) is 94.0 Å². The molecule has 1 heteroatoms. The van der Waals surface area contributed by atoms with E-state index in [0.29, 0.717) is 5.92 Å². The van der Waals surface area contributed by atoms with Gasteiger partial charge in [0.1, 0.15) is 6.26 Å². The maximum atomic E-state index is 2.36. The van der Waals surface area contributed by atoms with E-state index >= 15 is 0 Å². The summed E-state index contributed by atoms with van der Waals surface area (Å²) in [6.07, 6.45) is 2.36. The van der Waals surface area contributed by atoms with Crippen LogP contribution in [0.25, 0.3) is 0 Å². The lowest BCUT2D eigenvalue weighted by molar-refractivity contribution is 0.883. The van der Waals surface area contributed by atoms with Crippen molar-refractivity contribution in [2.75, 3.05) is 6.26 Å². The van der Waals surface area contributed by atoms with Crippen LogP contribution in [0.2, 0.25) is 0 Å². The van der Waals surface area contributed by atoms with Crippen LogP contribution in [0.15, 0.2) is 70.5 Å². The molecule has 0 aliphatic carbocycles. The molecule has 0 aromatic heterocycles. The summed E-state index contributed by atoms with van der Waals surface area (Å²) in [6.45, 7) is 6.74. The van der Waals surface area contributed by atoms with Crippen LogP contribution in [-0.4, -0.2) is 6.26 Å². The molecule has 0 spiro atoms. The van der Waals surface area contributed by atoms with Crippen LogP contribution in [0.3, 0.4) is 0 Å². The average molecular weight is 332 g/mol. The molecule has 0 unspecified atom stereocenters. The first-order chi connectivity index (χ1) is 11.6. The van der Waals surface area contributed by atoms with Gasteiger partial charge in [-0.1, -0.05) is 48.5 Å². The highest BCUT2D eigenvalue weighted by Gasteiger charge is 2.38. The summed E-state index contributed by atoms with van der Waals surface area (Å²) in [5.74, 6) is 0.348. The molecular formula is C23H23S+. The zero-order valence-electron chi connectivity index (χ0n) is 14.8. The molecule has 0 radical (unpaired) electrons. The summed E-state index contributed by atoms with van der Waals surface area (Å²) in [7, 11) is 0.149. The molecule has 1 heterocycles. The van der Waals surface area contributed by atoms with Crippen molar-refractivity contribution in [2.45, 2.75) is 36.5 Å². The van der Waals surface area contributed by atoms with Gasteiger partial charge in [-0.2, -0.15) is 0 Å². The normalized spacial score (nSPS) is 18.8. The molecular weight excluding hydrogens is 308 g/mol. The Hall–Kier alpha value is -1.99. The molecule has 0 atom stereocenters. The third-order valence-corrected chi connectivity index (χ3v) is 7.59. The van der Waals surface area contributed by atoms with Gasteiger partial charge < -0.3 is 0 Å². The zero-order valence-corrected chi connectivity index (χ0v) is 15.6. The van der Waals surface area contributed by atoms with Gasteiger partial charge in [-0.3, -0.25) is 0 Å². The van der Waals surface area contributed by atoms with Crippen LogP contribution >= 0.6 is 0 Å². The van der Waals surface area contributed by atoms with E-state index < -0.39 is 0 Å². The van der Waals surface area contributed by atoms with Crippen LogP contribution in [0, 0.1) is 20.8 Å². The van der Waals surface area contributed by atoms with Gasteiger partial charge >= 0.3 is 0 Å². The standard InChI is InChI=1S/C23H23S/c1-15-13-14-18(17(3)16(15)2)23-19-9-5-7-11-21(19)24(4)22-12-8-6-10-20(22)23/h5-14,23H,1-4H3/q+1. The van der Waals surface area contributed by atoms with Crippen molar-refractivity contribution in [3.8, 4) is 0 Å². The van der Waals surface area contributed by atoms with Gasteiger partial charge in [0.2, 0.25) is 0 Å². The van der Waals surface area contributed by atoms with E-state index in [0.717, 1.165) is 0 Å². The smallest absolute Gasteiger partial charge is 0.0616 e. The molecule has 0 nitrogen and oxygen atoms in total. The second-order valence-electron chi connectivity index (χ2n) is 6.74. The van der Waals surface area contributed by atoms with E-state index in [9.17, 15) is 0 Å². The Bertz CT molecular complexity index is 876. The average Bonchev–Trinajstić information content (AvgIpc) is 2.62. The lowest BCUT2D eigenvalue weighted by atomic mass is 9.81. The predicted octanol–water partition coefficient (Wildman–Crippen LogP) is 5.77. The van der Waals surface area contributed by atoms with Crippen molar-refractivity contribution < 1.29 is 0 Å². The van der Waals surface area contributed by atoms with E-state index in [1.165, 1.54) is 43.2 Å². The van der Waals surface area contributed by atoms with E-state index in [-0.39, 0.29) is 10.9 Å². The highest BCUT2D eigenvalue weighted by Crippen LogP contribution is 2.46. The van der Waals surface area contributed by atoms with Gasteiger partial charge in [0.25, 0.3) is 0 Å². The number of benzene rings is 3. The summed E-state index contributed by atoms with van der Waals surface area (Å²) in [4.78, 5) is 3.00. The van der Waals surface area contributed by atoms with Gasteiger partial charge in [0.15, 0.2) is 9.79 Å². The van der Waals surface area contributed by atoms with Gasteiger partial charge in [-0.15, -0.1) is 0 Å². The van der Waals surface area contributed by atoms with Gasteiger partial charge in [-0.25, -0.2) is 0 Å². The third-order valence-electron chi connectivity index (χ3n) is 5.53. The maximum Gasteiger partial charge on any atom is 0.164 e. The van der Waals surface area contributed by atoms with Gasteiger partial charge in [-0.05, 0) is 55.2 Å². The molecule has 1 aliphatic rings. The molecule has 1 aliphatic heterocycles. The largest absolute Gasteiger partial charge is 0.164 e. The lowest BCUT2D eigenvalue weighted by Crippen LogP contribution is -2.20. The van der Waals surface area contributed by atoms with Crippen molar-refractivity contribution in [2.24, 2.45) is 0 Å². The Morgan fingerprint density at radius 1 is 0.625 bits per heavy atom. The predicted molar refractivity (Wildman–Crippen MR) is 104 cm³/mol. The molecule has 0 saturated heterocycles. The van der Waals surface area contributed by atoms with Crippen molar-refractivity contribution >= 4 is 10.9 Å². The number of rotatable bonds is 1. The fourth-order valence-electron chi connectivity index (χ4n) is 3.91. The monoisotopic (exact) mass is 331 g/mol. The fraction of sp³-hybridized carbons (Fsp3) is 0.217. The minimum Gasteiger partial charge on any atom is -0.0616 e. The van der Waals surface area contributed by atoms with Crippen LogP contribution in [-0.2, 0) is 10.9 Å². The first-order valence-corrected chi connectivity index (χ1v) is 10.1. The Morgan fingerprint density at radius 2 is 1.17 bits per heavy atom. The quantitative estimate of drug-likeness (QED) is 0.496. The summed E-state index contributed by atoms with van der Waals surface area (Å²) >= 11 is 0. The highest BCUT2D eigenvalue weighted by atomic mass is 32.2. The highest BCUT2D eigenvalue weighted by molar-refractivity contribution is 7.96. The minimum atomic E-state index is 0.149. The van der Waals surface area contributed by atoms with Gasteiger partial charge in [0, 0.05) is 17.0 Å². The van der Waals surface area contributed by atoms with Crippen LogP contribution in [0.5, 0.6) is 0 Å². The second-order valence-corrected chi connectivity index (χ2v) is 8.64. The van der Waals surface area contributed by atoms with E-state index in [1.54, 1.807) is 0 Å². The third kappa shape index (κ3) is 2.22. The summed E-state index contributed by atoms with van der Waals surface area (Å²) in [6, 6.07) is 22.7. The molecule has 120 valence electrons. The number of hydrogen-bond donors (Lipinski definition) is 0. The van der Waals surface area contributed by atoms with Gasteiger partial charge in [0.05, 0.1) is 10.9 Å². The fourth-order valence-corrected chi connectivity index (χ4v) is 5.79. The second kappa shape index (κ2) is 5.82. The molecule has 0 bridgehead atoms. The van der Waals surface area contributed by atoms with E-state index in [2.05, 4.69) is 87.7 Å². The molecule has 0 saturated carbocycles. The van der Waals surface area contributed by atoms with E-state index in [4.69, 9.17) is 0 Å². The van der Waals surface area contributed by atoms with Crippen molar-refractivity contribution in [1.29, 1.82) is 0 Å². The number of fused-ring (bicyclic) bond motifs is 2. The van der Waals surface area contributed by atoms with Crippen molar-refractivity contribution in [1.82, 2.24) is 0 Å². The van der Waals surface area contributed by atoms with Crippen LogP contribution in [0.4, 0.5) is 0 Å². The number of hydrogen-bond acceptors (Lipinski definition) is 0. The molecule has 4 rings (SSSR count). The molecule has 0 amide bonds. The molecule has 3 aromatic rings. The lowest BCUT2D eigenvalue weighted by Gasteiger charge is -2.28. The maximum absolute atomic E-state index is 2.36. The van der Waals surface area contributed by atoms with E-state index in [1.807, 2.05) is 0 Å². The Kier molecular flexibility index (Phi) is 3.77. The summed E-state index contributed by atoms with van der Waals surface area (Å²) < 4.78 is 0. The SMILES string of the molecule is Cc1ccc(C2c3ccccc3[S+](C)c3ccccc32)c(C)c1C. The van der Waals surface area contributed by atoms with Crippen molar-refractivity contribution in [3.63, 3.8) is 0 Å². The summed E-state index contributed by atoms with van der Waals surface area (Å²) in [5.41, 5.74) is 8.64. The first kappa shape index (κ1) is 15.5. The molecule has 0 N–H and O–H groups in total. The Labute approximate surface area is 147 Å². The zero-order chi connectivity index (χ0) is 16.8.